The molecule has 3 heterocycles. The van der Waals surface area contributed by atoms with Gasteiger partial charge in [0.2, 0.25) is 0 Å². The van der Waals surface area contributed by atoms with Crippen molar-refractivity contribution in [2.45, 2.75) is 63.7 Å². The number of nitrogens with one attached hydrogen (secondary N) is 2. The minimum Gasteiger partial charge on any atom is -0.315 e. The first kappa shape index (κ1) is 13.5. The Bertz CT molecular complexity index is 352. The van der Waals surface area contributed by atoms with Gasteiger partial charge in [-0.15, -0.1) is 0 Å². The smallest absolute Gasteiger partial charge is 0.0635 e. The third-order valence-electron chi connectivity index (χ3n) is 6.97. The van der Waals surface area contributed by atoms with Crippen molar-refractivity contribution in [1.29, 1.82) is 0 Å². The van der Waals surface area contributed by atoms with E-state index in [9.17, 15) is 0 Å². The number of fused-ring (bicyclic) bond motifs is 3. The Morgan fingerprint density at radius 1 is 1.00 bits per heavy atom. The standard InChI is InChI=1S/C17H31N3/c1-11-15(12-6-4-3-5-7-12)16-13-8-9-18-10-14(13)20(2)17(16)19-11/h11-19H,3-10H2,1-2H3. The van der Waals surface area contributed by atoms with Crippen LogP contribution in [0.4, 0.5) is 0 Å². The fraction of sp³-hybridized carbons (Fsp3) is 1.00. The largest absolute Gasteiger partial charge is 0.315 e. The van der Waals surface area contributed by atoms with Crippen LogP contribution in [0.15, 0.2) is 0 Å². The monoisotopic (exact) mass is 277 g/mol. The van der Waals surface area contributed by atoms with Gasteiger partial charge in [-0.3, -0.25) is 10.2 Å². The van der Waals surface area contributed by atoms with Gasteiger partial charge < -0.3 is 5.32 Å². The van der Waals surface area contributed by atoms with Crippen molar-refractivity contribution in [2.24, 2.45) is 23.7 Å². The molecule has 1 aliphatic carbocycles. The summed E-state index contributed by atoms with van der Waals surface area (Å²) in [7, 11) is 2.36. The SMILES string of the molecule is CC1NC2C(C3CCNCC3N2C)C1C1CCCCC1. The Labute approximate surface area is 123 Å². The van der Waals surface area contributed by atoms with Crippen LogP contribution < -0.4 is 10.6 Å². The molecule has 0 aromatic heterocycles. The predicted octanol–water partition coefficient (Wildman–Crippen LogP) is 2.04. The molecule has 3 nitrogen and oxygen atoms in total. The van der Waals surface area contributed by atoms with Crippen LogP contribution >= 0.6 is 0 Å². The van der Waals surface area contributed by atoms with E-state index in [4.69, 9.17) is 0 Å². The third-order valence-corrected chi connectivity index (χ3v) is 6.97. The second-order valence-corrected chi connectivity index (χ2v) is 7.84. The average molecular weight is 277 g/mol. The van der Waals surface area contributed by atoms with E-state index in [1.165, 1.54) is 51.6 Å². The maximum atomic E-state index is 3.97. The molecule has 0 radical (unpaired) electrons. The second-order valence-electron chi connectivity index (χ2n) is 7.84. The zero-order valence-electron chi connectivity index (χ0n) is 13.1. The van der Waals surface area contributed by atoms with Gasteiger partial charge in [0.15, 0.2) is 0 Å². The third kappa shape index (κ3) is 1.97. The van der Waals surface area contributed by atoms with Crippen LogP contribution in [0.3, 0.4) is 0 Å². The van der Waals surface area contributed by atoms with Gasteiger partial charge in [-0.1, -0.05) is 32.1 Å². The number of likely N-dealkylation sites (N-methyl/N-ethyl adjacent to an activating group) is 1. The van der Waals surface area contributed by atoms with E-state index in [2.05, 4.69) is 29.5 Å². The van der Waals surface area contributed by atoms with Gasteiger partial charge in [0.1, 0.15) is 0 Å². The highest BCUT2D eigenvalue weighted by Gasteiger charge is 2.57. The van der Waals surface area contributed by atoms with E-state index in [0.717, 1.165) is 35.8 Å². The Morgan fingerprint density at radius 2 is 1.80 bits per heavy atom. The van der Waals surface area contributed by atoms with Gasteiger partial charge >= 0.3 is 0 Å². The fourth-order valence-corrected chi connectivity index (χ4v) is 6.15. The summed E-state index contributed by atoms with van der Waals surface area (Å²) in [6.07, 6.45) is 9.50. The summed E-state index contributed by atoms with van der Waals surface area (Å²) >= 11 is 0. The van der Waals surface area contributed by atoms with Crippen LogP contribution in [0.5, 0.6) is 0 Å². The average Bonchev–Trinajstić information content (AvgIpc) is 2.96. The van der Waals surface area contributed by atoms with Crippen molar-refractivity contribution in [1.82, 2.24) is 15.5 Å². The molecule has 0 amide bonds. The van der Waals surface area contributed by atoms with Gasteiger partial charge in [-0.25, -0.2) is 0 Å². The molecule has 2 N–H and O–H groups in total. The van der Waals surface area contributed by atoms with Crippen molar-refractivity contribution in [3.05, 3.63) is 0 Å². The van der Waals surface area contributed by atoms with Gasteiger partial charge in [-0.2, -0.15) is 0 Å². The first-order valence-electron chi connectivity index (χ1n) is 8.96. The maximum absolute atomic E-state index is 3.97. The summed E-state index contributed by atoms with van der Waals surface area (Å²) in [5.74, 6) is 3.81. The molecule has 4 fully saturated rings. The van der Waals surface area contributed by atoms with E-state index >= 15 is 0 Å². The molecule has 20 heavy (non-hydrogen) atoms. The Morgan fingerprint density at radius 3 is 2.60 bits per heavy atom. The van der Waals surface area contributed by atoms with Crippen molar-refractivity contribution in [3.63, 3.8) is 0 Å². The molecule has 0 aromatic rings. The van der Waals surface area contributed by atoms with Crippen LogP contribution in [0.1, 0.15) is 45.4 Å². The molecule has 0 bridgehead atoms. The van der Waals surface area contributed by atoms with E-state index < -0.39 is 0 Å². The predicted molar refractivity (Wildman–Crippen MR) is 82.5 cm³/mol. The molecule has 0 aromatic carbocycles. The quantitative estimate of drug-likeness (QED) is 0.768. The molecule has 4 aliphatic rings. The number of rotatable bonds is 1. The molecule has 0 spiro atoms. The molecule has 1 saturated carbocycles. The highest BCUT2D eigenvalue weighted by Crippen LogP contribution is 2.50. The zero-order chi connectivity index (χ0) is 13.7. The van der Waals surface area contributed by atoms with Crippen LogP contribution in [0.2, 0.25) is 0 Å². The number of hydrogen-bond acceptors (Lipinski definition) is 3. The first-order chi connectivity index (χ1) is 9.77. The molecule has 6 unspecified atom stereocenters. The molecule has 114 valence electrons. The Hall–Kier alpha value is -0.120. The maximum Gasteiger partial charge on any atom is 0.0635 e. The molecule has 4 rings (SSSR count). The molecule has 3 saturated heterocycles. The molecular weight excluding hydrogens is 246 g/mol. The van der Waals surface area contributed by atoms with Crippen molar-refractivity contribution in [2.75, 3.05) is 20.1 Å². The summed E-state index contributed by atoms with van der Waals surface area (Å²) in [6, 6.07) is 1.51. The van der Waals surface area contributed by atoms with Gasteiger partial charge in [0.25, 0.3) is 0 Å². The van der Waals surface area contributed by atoms with E-state index in [1.54, 1.807) is 0 Å². The summed E-state index contributed by atoms with van der Waals surface area (Å²) < 4.78 is 0. The molecule has 3 heteroatoms. The normalized spacial score (nSPS) is 50.1. The lowest BCUT2D eigenvalue weighted by atomic mass is 9.68. The summed E-state index contributed by atoms with van der Waals surface area (Å²) in [6.45, 7) is 4.91. The van der Waals surface area contributed by atoms with Crippen LogP contribution in [-0.4, -0.2) is 43.3 Å². The molecular formula is C17H31N3. The number of nitrogens with zero attached hydrogens (tertiary/aromatic N) is 1. The lowest BCUT2D eigenvalue weighted by molar-refractivity contribution is 0.135. The van der Waals surface area contributed by atoms with Gasteiger partial charge in [0, 0.05) is 18.6 Å². The number of piperidine rings is 1. The molecule has 6 atom stereocenters. The van der Waals surface area contributed by atoms with Gasteiger partial charge in [-0.05, 0) is 50.6 Å². The van der Waals surface area contributed by atoms with Crippen LogP contribution in [0.25, 0.3) is 0 Å². The summed E-state index contributed by atoms with van der Waals surface area (Å²) in [5, 5.41) is 7.58. The molecule has 3 aliphatic heterocycles. The lowest BCUT2D eigenvalue weighted by Gasteiger charge is -2.38. The van der Waals surface area contributed by atoms with Crippen molar-refractivity contribution < 1.29 is 0 Å². The van der Waals surface area contributed by atoms with Crippen LogP contribution in [-0.2, 0) is 0 Å². The minimum absolute atomic E-state index is 0.659. The highest BCUT2D eigenvalue weighted by atomic mass is 15.3. The van der Waals surface area contributed by atoms with E-state index in [1.807, 2.05) is 0 Å². The summed E-state index contributed by atoms with van der Waals surface area (Å²) in [4.78, 5) is 2.67. The van der Waals surface area contributed by atoms with Gasteiger partial charge in [0.05, 0.1) is 6.17 Å². The van der Waals surface area contributed by atoms with Crippen LogP contribution in [0, 0.1) is 23.7 Å². The topological polar surface area (TPSA) is 27.3 Å². The van der Waals surface area contributed by atoms with E-state index in [0.29, 0.717) is 6.17 Å². The van der Waals surface area contributed by atoms with E-state index in [-0.39, 0.29) is 0 Å². The summed E-state index contributed by atoms with van der Waals surface area (Å²) in [5.41, 5.74) is 0. The minimum atomic E-state index is 0.659. The Balaban J connectivity index is 1.59. The number of likely N-dealkylation sites (tertiary alicyclic amines) is 1. The second kappa shape index (κ2) is 5.26. The van der Waals surface area contributed by atoms with Crippen molar-refractivity contribution in [3.8, 4) is 0 Å². The fourth-order valence-electron chi connectivity index (χ4n) is 6.15. The number of hydrogen-bond donors (Lipinski definition) is 2. The zero-order valence-corrected chi connectivity index (χ0v) is 13.1. The Kier molecular flexibility index (Phi) is 3.56. The lowest BCUT2D eigenvalue weighted by Crippen LogP contribution is -2.50. The van der Waals surface area contributed by atoms with Crippen molar-refractivity contribution >= 4 is 0 Å². The highest BCUT2D eigenvalue weighted by molar-refractivity contribution is 5.09. The first-order valence-corrected chi connectivity index (χ1v) is 8.96.